The molecule has 0 radical (unpaired) electrons. The van der Waals surface area contributed by atoms with Crippen molar-refractivity contribution in [2.45, 2.75) is 20.8 Å². The summed E-state index contributed by atoms with van der Waals surface area (Å²) in [5.74, 6) is 0.256. The first-order chi connectivity index (χ1) is 9.08. The maximum absolute atomic E-state index is 11.8. The van der Waals surface area contributed by atoms with Crippen LogP contribution in [-0.4, -0.2) is 36.4 Å². The Bertz CT molecular complexity index is 442. The number of rotatable bonds is 6. The summed E-state index contributed by atoms with van der Waals surface area (Å²) in [6.45, 7) is 6.56. The molecule has 0 saturated heterocycles. The Hall–Kier alpha value is -2.04. The second-order valence-corrected chi connectivity index (χ2v) is 4.03. The van der Waals surface area contributed by atoms with E-state index in [0.717, 1.165) is 0 Å². The molecule has 0 bridgehead atoms. The third-order valence-electron chi connectivity index (χ3n) is 2.67. The number of benzene rings is 1. The van der Waals surface area contributed by atoms with Gasteiger partial charge in [-0.3, -0.25) is 9.59 Å². The number of likely N-dealkylation sites (N-methyl/N-ethyl adjacent to an activating group) is 1. The second kappa shape index (κ2) is 7.41. The SMILES string of the molecule is CCN(CC)C(=O)COc1ccccc1NC(C)=O. The van der Waals surface area contributed by atoms with E-state index in [4.69, 9.17) is 4.74 Å². The minimum Gasteiger partial charge on any atom is -0.482 e. The fraction of sp³-hybridized carbons (Fsp3) is 0.429. The quantitative estimate of drug-likeness (QED) is 0.853. The van der Waals surface area contributed by atoms with Crippen molar-refractivity contribution in [3.05, 3.63) is 24.3 Å². The zero-order valence-electron chi connectivity index (χ0n) is 11.6. The predicted molar refractivity (Wildman–Crippen MR) is 74.2 cm³/mol. The molecule has 0 aromatic heterocycles. The van der Waals surface area contributed by atoms with Gasteiger partial charge < -0.3 is 15.0 Å². The van der Waals surface area contributed by atoms with Crippen LogP contribution in [0, 0.1) is 0 Å². The van der Waals surface area contributed by atoms with Crippen molar-refractivity contribution in [2.24, 2.45) is 0 Å². The van der Waals surface area contributed by atoms with Gasteiger partial charge in [0.2, 0.25) is 5.91 Å². The van der Waals surface area contributed by atoms with Crippen molar-refractivity contribution in [1.82, 2.24) is 4.90 Å². The van der Waals surface area contributed by atoms with Gasteiger partial charge in [-0.15, -0.1) is 0 Å². The van der Waals surface area contributed by atoms with Crippen LogP contribution in [0.25, 0.3) is 0 Å². The van der Waals surface area contributed by atoms with Crippen molar-refractivity contribution in [3.8, 4) is 5.75 Å². The molecule has 0 saturated carbocycles. The summed E-state index contributed by atoms with van der Waals surface area (Å²) in [7, 11) is 0. The Labute approximate surface area is 113 Å². The van der Waals surface area contributed by atoms with E-state index in [-0.39, 0.29) is 18.4 Å². The standard InChI is InChI=1S/C14H20N2O3/c1-4-16(5-2)14(18)10-19-13-9-7-6-8-12(13)15-11(3)17/h6-9H,4-5,10H2,1-3H3,(H,15,17). The van der Waals surface area contributed by atoms with Crippen LogP contribution in [0.5, 0.6) is 5.75 Å². The van der Waals surface area contributed by atoms with Gasteiger partial charge in [0, 0.05) is 20.0 Å². The van der Waals surface area contributed by atoms with Crippen molar-refractivity contribution in [3.63, 3.8) is 0 Å². The molecule has 1 rings (SSSR count). The molecule has 1 aromatic carbocycles. The normalized spacial score (nSPS) is 9.84. The lowest BCUT2D eigenvalue weighted by molar-refractivity contribution is -0.132. The van der Waals surface area contributed by atoms with E-state index < -0.39 is 0 Å². The summed E-state index contributed by atoms with van der Waals surface area (Å²) in [5.41, 5.74) is 0.572. The van der Waals surface area contributed by atoms with Crippen LogP contribution in [-0.2, 0) is 9.59 Å². The number of anilines is 1. The zero-order chi connectivity index (χ0) is 14.3. The molecule has 104 valence electrons. The summed E-state index contributed by atoms with van der Waals surface area (Å²) in [5, 5.41) is 2.67. The minimum atomic E-state index is -0.175. The zero-order valence-corrected chi connectivity index (χ0v) is 11.6. The topological polar surface area (TPSA) is 58.6 Å². The number of amides is 2. The van der Waals surface area contributed by atoms with Gasteiger partial charge in [-0.25, -0.2) is 0 Å². The molecule has 5 nitrogen and oxygen atoms in total. The van der Waals surface area contributed by atoms with Crippen LogP contribution >= 0.6 is 0 Å². The van der Waals surface area contributed by atoms with Crippen molar-refractivity contribution < 1.29 is 14.3 Å². The summed E-state index contributed by atoms with van der Waals surface area (Å²) < 4.78 is 5.48. The Morgan fingerprint density at radius 1 is 1.21 bits per heavy atom. The highest BCUT2D eigenvalue weighted by Crippen LogP contribution is 2.23. The van der Waals surface area contributed by atoms with Gasteiger partial charge >= 0.3 is 0 Å². The molecule has 1 aromatic rings. The minimum absolute atomic E-state index is 0.0295. The van der Waals surface area contributed by atoms with E-state index in [2.05, 4.69) is 5.32 Å². The van der Waals surface area contributed by atoms with E-state index in [1.54, 1.807) is 29.2 Å². The van der Waals surface area contributed by atoms with Crippen LogP contribution in [0.2, 0.25) is 0 Å². The smallest absolute Gasteiger partial charge is 0.260 e. The van der Waals surface area contributed by atoms with Gasteiger partial charge in [-0.1, -0.05) is 12.1 Å². The van der Waals surface area contributed by atoms with Crippen molar-refractivity contribution in [2.75, 3.05) is 25.0 Å². The Morgan fingerprint density at radius 2 is 1.84 bits per heavy atom. The molecule has 0 heterocycles. The number of hydrogen-bond donors (Lipinski definition) is 1. The Morgan fingerprint density at radius 3 is 2.42 bits per heavy atom. The molecule has 0 unspecified atom stereocenters. The van der Waals surface area contributed by atoms with Crippen LogP contribution < -0.4 is 10.1 Å². The van der Waals surface area contributed by atoms with Crippen molar-refractivity contribution in [1.29, 1.82) is 0 Å². The fourth-order valence-electron chi connectivity index (χ4n) is 1.69. The van der Waals surface area contributed by atoms with Crippen LogP contribution in [0.3, 0.4) is 0 Å². The third-order valence-corrected chi connectivity index (χ3v) is 2.67. The van der Waals surface area contributed by atoms with E-state index in [1.807, 2.05) is 13.8 Å². The summed E-state index contributed by atoms with van der Waals surface area (Å²) in [6, 6.07) is 7.05. The maximum Gasteiger partial charge on any atom is 0.260 e. The second-order valence-electron chi connectivity index (χ2n) is 4.03. The number of para-hydroxylation sites is 2. The molecule has 5 heteroatoms. The Kier molecular flexibility index (Phi) is 5.85. The van der Waals surface area contributed by atoms with Crippen LogP contribution in [0.15, 0.2) is 24.3 Å². The van der Waals surface area contributed by atoms with Crippen LogP contribution in [0.1, 0.15) is 20.8 Å². The lowest BCUT2D eigenvalue weighted by Crippen LogP contribution is -2.34. The molecule has 19 heavy (non-hydrogen) atoms. The molecule has 2 amide bonds. The molecule has 1 N–H and O–H groups in total. The molecule has 0 fully saturated rings. The number of hydrogen-bond acceptors (Lipinski definition) is 3. The first kappa shape index (κ1) is 15.0. The van der Waals surface area contributed by atoms with E-state index in [1.165, 1.54) is 6.92 Å². The monoisotopic (exact) mass is 264 g/mol. The number of carbonyl (C=O) groups excluding carboxylic acids is 2. The van der Waals surface area contributed by atoms with Gasteiger partial charge in [-0.05, 0) is 26.0 Å². The summed E-state index contributed by atoms with van der Waals surface area (Å²) >= 11 is 0. The van der Waals surface area contributed by atoms with Gasteiger partial charge in [0.05, 0.1) is 5.69 Å². The molecule has 0 aliphatic rings. The maximum atomic E-state index is 11.8. The average molecular weight is 264 g/mol. The first-order valence-electron chi connectivity index (χ1n) is 6.35. The highest BCUT2D eigenvalue weighted by molar-refractivity contribution is 5.90. The van der Waals surface area contributed by atoms with Crippen LogP contribution in [0.4, 0.5) is 5.69 Å². The van der Waals surface area contributed by atoms with E-state index in [0.29, 0.717) is 24.5 Å². The number of nitrogens with zero attached hydrogens (tertiary/aromatic N) is 1. The van der Waals surface area contributed by atoms with Gasteiger partial charge in [-0.2, -0.15) is 0 Å². The van der Waals surface area contributed by atoms with Gasteiger partial charge in [0.1, 0.15) is 5.75 Å². The summed E-state index contributed by atoms with van der Waals surface area (Å²) in [6.07, 6.45) is 0. The summed E-state index contributed by atoms with van der Waals surface area (Å²) in [4.78, 5) is 24.6. The highest BCUT2D eigenvalue weighted by Gasteiger charge is 2.11. The van der Waals surface area contributed by atoms with E-state index in [9.17, 15) is 9.59 Å². The van der Waals surface area contributed by atoms with Gasteiger partial charge in [0.15, 0.2) is 6.61 Å². The molecule has 0 spiro atoms. The lowest BCUT2D eigenvalue weighted by atomic mass is 10.3. The van der Waals surface area contributed by atoms with E-state index >= 15 is 0 Å². The third kappa shape index (κ3) is 4.62. The molecule has 0 atom stereocenters. The number of ether oxygens (including phenoxy) is 1. The molecular weight excluding hydrogens is 244 g/mol. The lowest BCUT2D eigenvalue weighted by Gasteiger charge is -2.19. The Balaban J connectivity index is 2.67. The fourth-order valence-corrected chi connectivity index (χ4v) is 1.69. The first-order valence-corrected chi connectivity index (χ1v) is 6.35. The largest absolute Gasteiger partial charge is 0.482 e. The predicted octanol–water partition coefficient (Wildman–Crippen LogP) is 1.89. The van der Waals surface area contributed by atoms with Gasteiger partial charge in [0.25, 0.3) is 5.91 Å². The molecule has 0 aliphatic carbocycles. The highest BCUT2D eigenvalue weighted by atomic mass is 16.5. The van der Waals surface area contributed by atoms with Crippen molar-refractivity contribution >= 4 is 17.5 Å². The number of nitrogens with one attached hydrogen (secondary N) is 1. The number of carbonyl (C=O) groups is 2. The molecule has 0 aliphatic heterocycles. The average Bonchev–Trinajstić information content (AvgIpc) is 2.38. The molecular formula is C14H20N2O3.